The second-order valence-electron chi connectivity index (χ2n) is 8.75. The SMILES string of the molecule is COc1nc(NC2C[C@@H]3CN(C(C)=O)C[C@@H]3C2)nc2[nH]cc(-c3ccc4nncn4c3)c12. The summed E-state index contributed by atoms with van der Waals surface area (Å²) in [6.07, 6.45) is 7.62. The number of aromatic amines is 1. The molecule has 1 unspecified atom stereocenters. The van der Waals surface area contributed by atoms with Crippen LogP contribution in [0.25, 0.3) is 27.8 Å². The van der Waals surface area contributed by atoms with Crippen molar-refractivity contribution in [2.75, 3.05) is 25.5 Å². The quantitative estimate of drug-likeness (QED) is 0.509. The third-order valence-corrected chi connectivity index (χ3v) is 6.82. The fraction of sp³-hybridized carbons (Fsp3) is 0.409. The topological polar surface area (TPSA) is 113 Å². The first kappa shape index (κ1) is 19.0. The number of fused-ring (bicyclic) bond motifs is 3. The van der Waals surface area contributed by atoms with E-state index in [2.05, 4.69) is 25.5 Å². The number of methoxy groups -OCH3 is 1. The van der Waals surface area contributed by atoms with Crippen molar-refractivity contribution in [3.63, 3.8) is 0 Å². The summed E-state index contributed by atoms with van der Waals surface area (Å²) in [6.45, 7) is 3.37. The van der Waals surface area contributed by atoms with Gasteiger partial charge in [0.15, 0.2) is 5.65 Å². The lowest BCUT2D eigenvalue weighted by Gasteiger charge is -2.18. The molecule has 32 heavy (non-hydrogen) atoms. The number of hydrogen-bond donors (Lipinski definition) is 2. The van der Waals surface area contributed by atoms with Crippen molar-refractivity contribution in [1.29, 1.82) is 0 Å². The summed E-state index contributed by atoms with van der Waals surface area (Å²) in [7, 11) is 1.63. The van der Waals surface area contributed by atoms with Crippen LogP contribution in [-0.2, 0) is 4.79 Å². The van der Waals surface area contributed by atoms with Crippen molar-refractivity contribution in [3.8, 4) is 17.0 Å². The minimum atomic E-state index is 0.174. The van der Waals surface area contributed by atoms with Crippen LogP contribution in [0.15, 0.2) is 30.9 Å². The van der Waals surface area contributed by atoms with Gasteiger partial charge < -0.3 is 19.9 Å². The van der Waals surface area contributed by atoms with Gasteiger partial charge in [-0.3, -0.25) is 9.20 Å². The van der Waals surface area contributed by atoms with Gasteiger partial charge in [-0.1, -0.05) is 0 Å². The number of aromatic nitrogens is 6. The van der Waals surface area contributed by atoms with E-state index < -0.39 is 0 Å². The summed E-state index contributed by atoms with van der Waals surface area (Å²) >= 11 is 0. The van der Waals surface area contributed by atoms with Crippen molar-refractivity contribution in [2.24, 2.45) is 11.8 Å². The predicted molar refractivity (Wildman–Crippen MR) is 118 cm³/mol. The number of anilines is 1. The summed E-state index contributed by atoms with van der Waals surface area (Å²) in [5.41, 5.74) is 3.46. The molecule has 10 heteroatoms. The third-order valence-electron chi connectivity index (χ3n) is 6.82. The normalized spacial score (nSPS) is 22.6. The standard InChI is InChI=1S/C22H24N8O2/c1-12(31)29-9-14-5-16(6-15(14)10-29)25-22-26-20-19(21(27-22)32-2)17(7-23-20)13-3-4-18-28-24-11-30(18)8-13/h3-4,7-8,11,14-16H,5-6,9-10H2,1-2H3,(H2,23,25,26,27)/t14-,15+,16?. The Hall–Kier alpha value is -3.69. The number of amides is 1. The van der Waals surface area contributed by atoms with Crippen LogP contribution < -0.4 is 10.1 Å². The monoisotopic (exact) mass is 432 g/mol. The molecule has 3 atom stereocenters. The Morgan fingerprint density at radius 3 is 2.78 bits per heavy atom. The Labute approximate surface area is 184 Å². The molecule has 2 aliphatic rings. The number of hydrogen-bond acceptors (Lipinski definition) is 7. The van der Waals surface area contributed by atoms with E-state index >= 15 is 0 Å². The maximum atomic E-state index is 11.7. The molecule has 4 aromatic heterocycles. The smallest absolute Gasteiger partial charge is 0.228 e. The molecule has 6 rings (SSSR count). The molecule has 0 bridgehead atoms. The second kappa shape index (κ2) is 7.18. The first-order chi connectivity index (χ1) is 15.6. The van der Waals surface area contributed by atoms with Crippen LogP contribution in [0.2, 0.25) is 0 Å². The molecule has 164 valence electrons. The molecule has 2 N–H and O–H groups in total. The van der Waals surface area contributed by atoms with E-state index in [-0.39, 0.29) is 5.91 Å². The zero-order valence-electron chi connectivity index (χ0n) is 17.9. The van der Waals surface area contributed by atoms with E-state index in [0.29, 0.717) is 29.7 Å². The van der Waals surface area contributed by atoms with E-state index in [1.165, 1.54) is 0 Å². The van der Waals surface area contributed by atoms with Gasteiger partial charge in [0.2, 0.25) is 17.7 Å². The molecule has 1 amide bonds. The van der Waals surface area contributed by atoms with Gasteiger partial charge in [0.25, 0.3) is 0 Å². The van der Waals surface area contributed by atoms with E-state index in [9.17, 15) is 4.79 Å². The molecule has 0 radical (unpaired) electrons. The molecule has 1 aliphatic heterocycles. The van der Waals surface area contributed by atoms with E-state index in [4.69, 9.17) is 9.72 Å². The number of carbonyl (C=O) groups is 1. The van der Waals surface area contributed by atoms with Gasteiger partial charge in [0.05, 0.1) is 12.5 Å². The Bertz CT molecular complexity index is 1310. The number of carbonyl (C=O) groups excluding carboxylic acids is 1. The average molecular weight is 432 g/mol. The zero-order chi connectivity index (χ0) is 21.8. The second-order valence-corrected chi connectivity index (χ2v) is 8.75. The molecule has 0 spiro atoms. The van der Waals surface area contributed by atoms with Crippen LogP contribution in [0.5, 0.6) is 5.88 Å². The highest BCUT2D eigenvalue weighted by Gasteiger charge is 2.41. The molecule has 5 heterocycles. The average Bonchev–Trinajstić information content (AvgIpc) is 3.54. The van der Waals surface area contributed by atoms with Crippen molar-refractivity contribution >= 4 is 28.5 Å². The van der Waals surface area contributed by atoms with Gasteiger partial charge in [-0.05, 0) is 36.8 Å². The highest BCUT2D eigenvalue weighted by molar-refractivity contribution is 5.97. The van der Waals surface area contributed by atoms with E-state index in [0.717, 1.165) is 53.7 Å². The highest BCUT2D eigenvalue weighted by Crippen LogP contribution is 2.40. The van der Waals surface area contributed by atoms with Crippen LogP contribution in [-0.4, -0.2) is 66.6 Å². The van der Waals surface area contributed by atoms with Crippen LogP contribution in [0.4, 0.5) is 5.95 Å². The molecule has 1 aliphatic carbocycles. The molecule has 1 saturated carbocycles. The summed E-state index contributed by atoms with van der Waals surface area (Å²) < 4.78 is 7.53. The Morgan fingerprint density at radius 2 is 2.03 bits per heavy atom. The largest absolute Gasteiger partial charge is 0.480 e. The lowest BCUT2D eigenvalue weighted by molar-refractivity contribution is -0.128. The van der Waals surface area contributed by atoms with Crippen molar-refractivity contribution in [1.82, 2.24) is 34.4 Å². The number of rotatable bonds is 4. The lowest BCUT2D eigenvalue weighted by Crippen LogP contribution is -2.29. The van der Waals surface area contributed by atoms with Gasteiger partial charge in [0, 0.05) is 49.6 Å². The third kappa shape index (κ3) is 3.05. The lowest BCUT2D eigenvalue weighted by atomic mass is 10.0. The van der Waals surface area contributed by atoms with Gasteiger partial charge in [-0.25, -0.2) is 0 Å². The Balaban J connectivity index is 1.27. The summed E-state index contributed by atoms with van der Waals surface area (Å²) in [6, 6.07) is 4.22. The maximum Gasteiger partial charge on any atom is 0.228 e. The van der Waals surface area contributed by atoms with Crippen LogP contribution in [0, 0.1) is 11.8 Å². The van der Waals surface area contributed by atoms with Crippen LogP contribution in [0.1, 0.15) is 19.8 Å². The Morgan fingerprint density at radius 1 is 1.22 bits per heavy atom. The predicted octanol–water partition coefficient (Wildman–Crippen LogP) is 2.34. The molecule has 0 aromatic carbocycles. The van der Waals surface area contributed by atoms with Crippen molar-refractivity contribution in [3.05, 3.63) is 30.9 Å². The molecule has 2 fully saturated rings. The van der Waals surface area contributed by atoms with Gasteiger partial charge in [-0.15, -0.1) is 10.2 Å². The van der Waals surface area contributed by atoms with Gasteiger partial charge >= 0.3 is 0 Å². The van der Waals surface area contributed by atoms with Crippen molar-refractivity contribution < 1.29 is 9.53 Å². The van der Waals surface area contributed by atoms with Gasteiger partial charge in [0.1, 0.15) is 12.0 Å². The molecule has 1 saturated heterocycles. The molecule has 4 aromatic rings. The van der Waals surface area contributed by atoms with Crippen LogP contribution in [0.3, 0.4) is 0 Å². The molecule has 10 nitrogen and oxygen atoms in total. The number of likely N-dealkylation sites (tertiary alicyclic amines) is 1. The van der Waals surface area contributed by atoms with E-state index in [1.807, 2.05) is 33.8 Å². The summed E-state index contributed by atoms with van der Waals surface area (Å²) in [4.78, 5) is 26.3. The first-order valence-corrected chi connectivity index (χ1v) is 10.8. The summed E-state index contributed by atoms with van der Waals surface area (Å²) in [5.74, 6) is 2.36. The highest BCUT2D eigenvalue weighted by atomic mass is 16.5. The number of H-pyrrole nitrogens is 1. The zero-order valence-corrected chi connectivity index (χ0v) is 17.9. The number of pyridine rings is 1. The fourth-order valence-electron chi connectivity index (χ4n) is 5.28. The molecular weight excluding hydrogens is 408 g/mol. The number of ether oxygens (including phenoxy) is 1. The van der Waals surface area contributed by atoms with Crippen molar-refractivity contribution in [2.45, 2.75) is 25.8 Å². The Kier molecular flexibility index (Phi) is 4.27. The van der Waals surface area contributed by atoms with E-state index in [1.54, 1.807) is 20.4 Å². The number of nitrogens with one attached hydrogen (secondary N) is 2. The fourth-order valence-corrected chi connectivity index (χ4v) is 5.28. The van der Waals surface area contributed by atoms with Gasteiger partial charge in [-0.2, -0.15) is 9.97 Å². The van der Waals surface area contributed by atoms with Crippen LogP contribution >= 0.6 is 0 Å². The molecular formula is C22H24N8O2. The maximum absolute atomic E-state index is 11.7. The minimum Gasteiger partial charge on any atom is -0.480 e. The minimum absolute atomic E-state index is 0.174. The number of nitrogens with zero attached hydrogens (tertiary/aromatic N) is 6. The summed E-state index contributed by atoms with van der Waals surface area (Å²) in [5, 5.41) is 12.3. The first-order valence-electron chi connectivity index (χ1n) is 10.8.